The third-order valence-corrected chi connectivity index (χ3v) is 3.42. The molecule has 0 radical (unpaired) electrons. The smallest absolute Gasteiger partial charge is 0.257 e. The lowest BCUT2D eigenvalue weighted by Crippen LogP contribution is -2.18. The molecule has 0 bridgehead atoms. The topological polar surface area (TPSA) is 90.9 Å². The van der Waals surface area contributed by atoms with Crippen molar-refractivity contribution in [3.63, 3.8) is 0 Å². The highest BCUT2D eigenvalue weighted by molar-refractivity contribution is 9.10. The van der Waals surface area contributed by atoms with E-state index in [2.05, 4.69) is 26.7 Å². The lowest BCUT2D eigenvalue weighted by molar-refractivity contribution is 0.102. The lowest BCUT2D eigenvalue weighted by Gasteiger charge is -2.11. The largest absolute Gasteiger partial charge is 0.323 e. The summed E-state index contributed by atoms with van der Waals surface area (Å²) < 4.78 is 0.775. The number of anilines is 2. The van der Waals surface area contributed by atoms with Gasteiger partial charge in [-0.25, -0.2) is 0 Å². The molecular weight excluding hydrogens is 332 g/mol. The average Bonchev–Trinajstić information content (AvgIpc) is 2.48. The number of hydrogen-bond acceptors (Lipinski definition) is 4. The van der Waals surface area contributed by atoms with Gasteiger partial charge < -0.3 is 10.7 Å². The van der Waals surface area contributed by atoms with Crippen LogP contribution in [0, 0.1) is 18.3 Å². The average molecular weight is 345 g/mol. The maximum absolute atomic E-state index is 12.4. The van der Waals surface area contributed by atoms with Crippen LogP contribution in [-0.2, 0) is 0 Å². The summed E-state index contributed by atoms with van der Waals surface area (Å²) in [6.07, 6.45) is 0. The summed E-state index contributed by atoms with van der Waals surface area (Å²) >= 11 is 3.29. The zero-order valence-electron chi connectivity index (χ0n) is 11.3. The molecule has 0 aromatic heterocycles. The summed E-state index contributed by atoms with van der Waals surface area (Å²) in [6, 6.07) is 12.4. The van der Waals surface area contributed by atoms with Gasteiger partial charge in [-0.1, -0.05) is 27.6 Å². The number of nitrogens with zero attached hydrogens (tertiary/aromatic N) is 1. The zero-order valence-corrected chi connectivity index (χ0v) is 12.9. The van der Waals surface area contributed by atoms with E-state index < -0.39 is 0 Å². The van der Waals surface area contributed by atoms with Crippen LogP contribution in [0.4, 0.5) is 11.4 Å². The van der Waals surface area contributed by atoms with Gasteiger partial charge in [-0.15, -0.1) is 0 Å². The van der Waals surface area contributed by atoms with Crippen LogP contribution >= 0.6 is 15.9 Å². The normalized spacial score (nSPS) is 9.81. The number of nitrogens with one attached hydrogen (secondary N) is 2. The number of benzene rings is 2. The van der Waals surface area contributed by atoms with Gasteiger partial charge in [-0.05, 0) is 37.3 Å². The predicted octanol–water partition coefficient (Wildman–Crippen LogP) is 3.17. The Balaban J connectivity index is 2.35. The summed E-state index contributed by atoms with van der Waals surface area (Å²) in [7, 11) is 0. The van der Waals surface area contributed by atoms with Crippen LogP contribution in [-0.4, -0.2) is 5.91 Å². The molecule has 2 aromatic rings. The Morgan fingerprint density at radius 1 is 1.24 bits per heavy atom. The number of hydrogen-bond donors (Lipinski definition) is 3. The van der Waals surface area contributed by atoms with Crippen LogP contribution in [0.3, 0.4) is 0 Å². The van der Waals surface area contributed by atoms with Crippen molar-refractivity contribution in [2.24, 2.45) is 5.84 Å². The molecule has 0 fully saturated rings. The maximum Gasteiger partial charge on any atom is 0.257 e. The molecule has 0 aliphatic carbocycles. The summed E-state index contributed by atoms with van der Waals surface area (Å²) in [6.45, 7) is 1.89. The van der Waals surface area contributed by atoms with Crippen LogP contribution in [0.15, 0.2) is 40.9 Å². The number of amides is 1. The second-order valence-corrected chi connectivity index (χ2v) is 5.36. The fourth-order valence-corrected chi connectivity index (χ4v) is 2.24. The SMILES string of the molecule is Cc1ccc(NN)c(C(=O)Nc2ccc(Br)cc2C#N)c1. The Labute approximate surface area is 130 Å². The number of halogens is 1. The molecule has 0 saturated carbocycles. The molecule has 5 nitrogen and oxygen atoms in total. The van der Waals surface area contributed by atoms with Gasteiger partial charge in [-0.2, -0.15) is 5.26 Å². The minimum atomic E-state index is -0.328. The fourth-order valence-electron chi connectivity index (χ4n) is 1.88. The molecule has 0 atom stereocenters. The van der Waals surface area contributed by atoms with Crippen molar-refractivity contribution in [1.29, 1.82) is 5.26 Å². The Hall–Kier alpha value is -2.36. The Kier molecular flexibility index (Phi) is 4.58. The van der Waals surface area contributed by atoms with Gasteiger partial charge >= 0.3 is 0 Å². The Morgan fingerprint density at radius 3 is 2.62 bits per heavy atom. The molecule has 0 spiro atoms. The number of hydrazine groups is 1. The van der Waals surface area contributed by atoms with E-state index in [0.717, 1.165) is 10.0 Å². The Morgan fingerprint density at radius 2 is 1.95 bits per heavy atom. The third-order valence-electron chi connectivity index (χ3n) is 2.93. The number of nitrogens with two attached hydrogens (primary N) is 1. The van der Waals surface area contributed by atoms with Crippen LogP contribution in [0.5, 0.6) is 0 Å². The van der Waals surface area contributed by atoms with Crippen molar-refractivity contribution in [1.82, 2.24) is 0 Å². The minimum absolute atomic E-state index is 0.328. The Bertz CT molecular complexity index is 737. The van der Waals surface area contributed by atoms with Crippen LogP contribution in [0.25, 0.3) is 0 Å². The van der Waals surface area contributed by atoms with Crippen LogP contribution in [0.1, 0.15) is 21.5 Å². The van der Waals surface area contributed by atoms with Gasteiger partial charge in [0.05, 0.1) is 22.5 Å². The lowest BCUT2D eigenvalue weighted by atomic mass is 10.1. The second-order valence-electron chi connectivity index (χ2n) is 4.45. The van der Waals surface area contributed by atoms with E-state index >= 15 is 0 Å². The van der Waals surface area contributed by atoms with Crippen molar-refractivity contribution in [2.75, 3.05) is 10.7 Å². The molecule has 0 heterocycles. The number of nitriles is 1. The first-order valence-corrected chi connectivity index (χ1v) is 6.92. The number of rotatable bonds is 3. The van der Waals surface area contributed by atoms with Gasteiger partial charge in [0.15, 0.2) is 0 Å². The van der Waals surface area contributed by atoms with E-state index in [1.54, 1.807) is 30.3 Å². The van der Waals surface area contributed by atoms with E-state index in [4.69, 9.17) is 11.1 Å². The van der Waals surface area contributed by atoms with Crippen LogP contribution < -0.4 is 16.6 Å². The maximum atomic E-state index is 12.4. The number of carbonyl (C=O) groups is 1. The van der Waals surface area contributed by atoms with Crippen molar-refractivity contribution in [2.45, 2.75) is 6.92 Å². The minimum Gasteiger partial charge on any atom is -0.323 e. The van der Waals surface area contributed by atoms with Crippen molar-refractivity contribution in [3.05, 3.63) is 57.6 Å². The first-order valence-electron chi connectivity index (χ1n) is 6.13. The number of nitrogen functional groups attached to an aromatic ring is 1. The van der Waals surface area contributed by atoms with E-state index in [9.17, 15) is 4.79 Å². The molecule has 0 unspecified atom stereocenters. The second kappa shape index (κ2) is 6.39. The molecule has 4 N–H and O–H groups in total. The van der Waals surface area contributed by atoms with Gasteiger partial charge in [0.2, 0.25) is 0 Å². The van der Waals surface area contributed by atoms with Gasteiger partial charge in [-0.3, -0.25) is 10.6 Å². The molecule has 1 amide bonds. The molecule has 0 aliphatic rings. The van der Waals surface area contributed by atoms with Crippen LogP contribution in [0.2, 0.25) is 0 Å². The van der Waals surface area contributed by atoms with Crippen molar-refractivity contribution < 1.29 is 4.79 Å². The highest BCUT2D eigenvalue weighted by Crippen LogP contribution is 2.23. The predicted molar refractivity (Wildman–Crippen MR) is 85.8 cm³/mol. The quantitative estimate of drug-likeness (QED) is 0.589. The highest BCUT2D eigenvalue weighted by atomic mass is 79.9. The fraction of sp³-hybridized carbons (Fsp3) is 0.0667. The molecule has 2 aromatic carbocycles. The molecule has 21 heavy (non-hydrogen) atoms. The van der Waals surface area contributed by atoms with Gasteiger partial charge in [0, 0.05) is 4.47 Å². The zero-order chi connectivity index (χ0) is 15.4. The monoisotopic (exact) mass is 344 g/mol. The van der Waals surface area contributed by atoms with Crippen molar-refractivity contribution in [3.8, 4) is 6.07 Å². The molecule has 6 heteroatoms. The first kappa shape index (κ1) is 15.0. The molecule has 0 aliphatic heterocycles. The van der Waals surface area contributed by atoms with E-state index in [1.165, 1.54) is 0 Å². The molecular formula is C15H13BrN4O. The van der Waals surface area contributed by atoms with Crippen molar-refractivity contribution >= 4 is 33.2 Å². The number of carbonyl (C=O) groups excluding carboxylic acids is 1. The van der Waals surface area contributed by atoms with E-state index in [0.29, 0.717) is 22.5 Å². The molecule has 0 saturated heterocycles. The van der Waals surface area contributed by atoms with Gasteiger partial charge in [0.25, 0.3) is 5.91 Å². The standard InChI is InChI=1S/C15H13BrN4O/c1-9-2-4-14(20-18)12(6-9)15(21)19-13-5-3-11(16)7-10(13)8-17/h2-7,20H,18H2,1H3,(H,19,21). The summed E-state index contributed by atoms with van der Waals surface area (Å²) in [5.74, 6) is 5.09. The van der Waals surface area contributed by atoms with Gasteiger partial charge in [0.1, 0.15) is 6.07 Å². The highest BCUT2D eigenvalue weighted by Gasteiger charge is 2.13. The summed E-state index contributed by atoms with van der Waals surface area (Å²) in [5, 5.41) is 11.8. The van der Waals surface area contributed by atoms with E-state index in [1.807, 2.05) is 19.1 Å². The summed E-state index contributed by atoms with van der Waals surface area (Å²) in [5.41, 5.74) is 5.21. The molecule has 2 rings (SSSR count). The third kappa shape index (κ3) is 3.40. The van der Waals surface area contributed by atoms with E-state index in [-0.39, 0.29) is 5.91 Å². The number of aryl methyl sites for hydroxylation is 1. The first-order chi connectivity index (χ1) is 10.0. The summed E-state index contributed by atoms with van der Waals surface area (Å²) in [4.78, 5) is 12.4. The molecule has 106 valence electrons.